The monoisotopic (exact) mass is 373 g/mol. The first-order chi connectivity index (χ1) is 13.5. The Bertz CT molecular complexity index is 977. The lowest BCUT2D eigenvalue weighted by Gasteiger charge is -2.08. The number of esters is 1. The van der Waals surface area contributed by atoms with Crippen molar-refractivity contribution in [3.8, 4) is 11.1 Å². The predicted octanol–water partition coefficient (Wildman–Crippen LogP) is 4.35. The summed E-state index contributed by atoms with van der Waals surface area (Å²) in [7, 11) is 0. The highest BCUT2D eigenvalue weighted by atomic mass is 16.5. The largest absolute Gasteiger partial charge is 0.452 e. The minimum Gasteiger partial charge on any atom is -0.452 e. The molecular weight excluding hydrogens is 354 g/mol. The second-order valence-electron chi connectivity index (χ2n) is 6.20. The van der Waals surface area contributed by atoms with Gasteiger partial charge in [0.2, 0.25) is 0 Å². The Morgan fingerprint density at radius 3 is 1.93 bits per heavy atom. The third-order valence-electron chi connectivity index (χ3n) is 4.14. The summed E-state index contributed by atoms with van der Waals surface area (Å²) in [5.74, 6) is -1.07. The first-order valence-electron chi connectivity index (χ1n) is 8.76. The molecule has 1 amide bonds. The van der Waals surface area contributed by atoms with Gasteiger partial charge in [0.05, 0.1) is 5.56 Å². The zero-order valence-electron chi connectivity index (χ0n) is 15.3. The summed E-state index contributed by atoms with van der Waals surface area (Å²) >= 11 is 0. The summed E-state index contributed by atoms with van der Waals surface area (Å²) in [6, 6.07) is 23.3. The Morgan fingerprint density at radius 1 is 0.750 bits per heavy atom. The van der Waals surface area contributed by atoms with Crippen LogP contribution in [-0.4, -0.2) is 24.3 Å². The summed E-state index contributed by atoms with van der Waals surface area (Å²) < 4.78 is 5.06. The number of amides is 1. The van der Waals surface area contributed by atoms with Gasteiger partial charge in [-0.1, -0.05) is 42.5 Å². The number of ether oxygens (including phenoxy) is 1. The molecule has 140 valence electrons. The van der Waals surface area contributed by atoms with Gasteiger partial charge in [-0.3, -0.25) is 9.59 Å². The van der Waals surface area contributed by atoms with Crippen LogP contribution in [0, 0.1) is 0 Å². The van der Waals surface area contributed by atoms with E-state index in [0.717, 1.165) is 11.1 Å². The van der Waals surface area contributed by atoms with Gasteiger partial charge in [0.15, 0.2) is 12.4 Å². The maximum absolute atomic E-state index is 12.1. The topological polar surface area (TPSA) is 72.5 Å². The van der Waals surface area contributed by atoms with E-state index in [2.05, 4.69) is 5.32 Å². The van der Waals surface area contributed by atoms with Crippen LogP contribution >= 0.6 is 0 Å². The van der Waals surface area contributed by atoms with Crippen molar-refractivity contribution >= 4 is 23.3 Å². The minimum atomic E-state index is -0.568. The van der Waals surface area contributed by atoms with Gasteiger partial charge in [0.25, 0.3) is 5.91 Å². The number of carbonyl (C=O) groups excluding carboxylic acids is 3. The maximum atomic E-state index is 12.1. The zero-order valence-corrected chi connectivity index (χ0v) is 15.3. The van der Waals surface area contributed by atoms with Crippen LogP contribution in [0.5, 0.6) is 0 Å². The van der Waals surface area contributed by atoms with Crippen LogP contribution in [-0.2, 0) is 9.53 Å². The molecular formula is C23H19NO4. The molecule has 0 unspecified atom stereocenters. The number of anilines is 1. The van der Waals surface area contributed by atoms with Crippen LogP contribution in [0.2, 0.25) is 0 Å². The maximum Gasteiger partial charge on any atom is 0.338 e. The fourth-order valence-corrected chi connectivity index (χ4v) is 2.63. The molecule has 3 aromatic rings. The molecule has 5 heteroatoms. The van der Waals surface area contributed by atoms with E-state index in [1.807, 2.05) is 42.5 Å². The number of carbonyl (C=O) groups is 3. The van der Waals surface area contributed by atoms with Gasteiger partial charge in [0.1, 0.15) is 0 Å². The van der Waals surface area contributed by atoms with Crippen molar-refractivity contribution in [2.24, 2.45) is 0 Å². The van der Waals surface area contributed by atoms with Gasteiger partial charge < -0.3 is 10.1 Å². The number of rotatable bonds is 6. The van der Waals surface area contributed by atoms with E-state index >= 15 is 0 Å². The molecule has 0 spiro atoms. The van der Waals surface area contributed by atoms with E-state index in [4.69, 9.17) is 4.74 Å². The van der Waals surface area contributed by atoms with Crippen molar-refractivity contribution in [1.29, 1.82) is 0 Å². The lowest BCUT2D eigenvalue weighted by Crippen LogP contribution is -2.20. The van der Waals surface area contributed by atoms with E-state index in [1.165, 1.54) is 6.92 Å². The van der Waals surface area contributed by atoms with Gasteiger partial charge in [0, 0.05) is 11.3 Å². The Morgan fingerprint density at radius 2 is 1.32 bits per heavy atom. The second-order valence-corrected chi connectivity index (χ2v) is 6.20. The molecule has 0 heterocycles. The summed E-state index contributed by atoms with van der Waals surface area (Å²) in [4.78, 5) is 35.3. The van der Waals surface area contributed by atoms with Crippen molar-refractivity contribution in [2.75, 3.05) is 11.9 Å². The van der Waals surface area contributed by atoms with Gasteiger partial charge in [-0.25, -0.2) is 4.79 Å². The predicted molar refractivity (Wildman–Crippen MR) is 107 cm³/mol. The lowest BCUT2D eigenvalue weighted by molar-refractivity contribution is -0.119. The van der Waals surface area contributed by atoms with Crippen LogP contribution in [0.15, 0.2) is 78.9 Å². The molecule has 0 fully saturated rings. The number of Topliss-reactive ketones (excluding diaryl/α,β-unsaturated/α-hetero) is 1. The van der Waals surface area contributed by atoms with Gasteiger partial charge >= 0.3 is 5.97 Å². The first kappa shape index (κ1) is 19.0. The minimum absolute atomic E-state index is 0.0508. The third-order valence-corrected chi connectivity index (χ3v) is 4.14. The zero-order chi connectivity index (χ0) is 19.9. The molecule has 0 aromatic heterocycles. The third kappa shape index (κ3) is 4.92. The highest BCUT2D eigenvalue weighted by Crippen LogP contribution is 2.19. The highest BCUT2D eigenvalue weighted by molar-refractivity contribution is 5.97. The van der Waals surface area contributed by atoms with Crippen LogP contribution < -0.4 is 5.32 Å². The van der Waals surface area contributed by atoms with Gasteiger partial charge in [-0.05, 0) is 54.4 Å². The van der Waals surface area contributed by atoms with Crippen molar-refractivity contribution in [3.05, 3.63) is 90.0 Å². The molecule has 5 nitrogen and oxygen atoms in total. The van der Waals surface area contributed by atoms with Crippen molar-refractivity contribution in [2.45, 2.75) is 6.92 Å². The molecule has 28 heavy (non-hydrogen) atoms. The summed E-state index contributed by atoms with van der Waals surface area (Å²) in [5.41, 5.74) is 3.50. The Labute approximate surface area is 163 Å². The van der Waals surface area contributed by atoms with Crippen molar-refractivity contribution in [1.82, 2.24) is 0 Å². The number of nitrogens with one attached hydrogen (secondary N) is 1. The fraction of sp³-hybridized carbons (Fsp3) is 0.0870. The molecule has 0 radical (unpaired) electrons. The number of ketones is 1. The van der Waals surface area contributed by atoms with Crippen LogP contribution in [0.4, 0.5) is 5.69 Å². The molecule has 0 aliphatic heterocycles. The van der Waals surface area contributed by atoms with Gasteiger partial charge in [-0.15, -0.1) is 0 Å². The lowest BCUT2D eigenvalue weighted by atomic mass is 10.0. The standard InChI is InChI=1S/C23H19NO4/c1-16(25)17-11-13-21(14-12-17)24-22(26)15-28-23(27)20-9-7-19(8-10-20)18-5-3-2-4-6-18/h2-14H,15H2,1H3,(H,24,26). The Kier molecular flexibility index (Phi) is 5.97. The molecule has 1 N–H and O–H groups in total. The quantitative estimate of drug-likeness (QED) is 0.515. The molecule has 3 rings (SSSR count). The molecule has 0 saturated carbocycles. The number of hydrogen-bond acceptors (Lipinski definition) is 4. The fourth-order valence-electron chi connectivity index (χ4n) is 2.63. The molecule has 0 aliphatic carbocycles. The summed E-state index contributed by atoms with van der Waals surface area (Å²) in [6.07, 6.45) is 0. The first-order valence-corrected chi connectivity index (χ1v) is 8.76. The second kappa shape index (κ2) is 8.77. The van der Waals surface area contributed by atoms with Crippen molar-refractivity contribution in [3.63, 3.8) is 0 Å². The molecule has 0 aliphatic rings. The summed E-state index contributed by atoms with van der Waals surface area (Å²) in [5, 5.41) is 2.62. The van der Waals surface area contributed by atoms with E-state index in [1.54, 1.807) is 36.4 Å². The summed E-state index contributed by atoms with van der Waals surface area (Å²) in [6.45, 7) is 1.08. The van der Waals surface area contributed by atoms with Crippen LogP contribution in [0.25, 0.3) is 11.1 Å². The van der Waals surface area contributed by atoms with E-state index < -0.39 is 18.5 Å². The number of benzene rings is 3. The van der Waals surface area contributed by atoms with E-state index in [0.29, 0.717) is 16.8 Å². The average Bonchev–Trinajstić information content (AvgIpc) is 2.73. The van der Waals surface area contributed by atoms with Gasteiger partial charge in [-0.2, -0.15) is 0 Å². The van der Waals surface area contributed by atoms with Crippen LogP contribution in [0.1, 0.15) is 27.6 Å². The molecule has 3 aromatic carbocycles. The van der Waals surface area contributed by atoms with Crippen LogP contribution in [0.3, 0.4) is 0 Å². The molecule has 0 bridgehead atoms. The Balaban J connectivity index is 1.53. The SMILES string of the molecule is CC(=O)c1ccc(NC(=O)COC(=O)c2ccc(-c3ccccc3)cc2)cc1. The number of hydrogen-bond donors (Lipinski definition) is 1. The molecule has 0 atom stereocenters. The van der Waals surface area contributed by atoms with E-state index in [-0.39, 0.29) is 5.78 Å². The Hall–Kier alpha value is -3.73. The highest BCUT2D eigenvalue weighted by Gasteiger charge is 2.11. The smallest absolute Gasteiger partial charge is 0.338 e. The molecule has 0 saturated heterocycles. The normalized spacial score (nSPS) is 10.2. The van der Waals surface area contributed by atoms with Crippen molar-refractivity contribution < 1.29 is 19.1 Å². The average molecular weight is 373 g/mol. The van der Waals surface area contributed by atoms with E-state index in [9.17, 15) is 14.4 Å².